The van der Waals surface area contributed by atoms with Crippen LogP contribution in [0.1, 0.15) is 0 Å². The Morgan fingerprint density at radius 3 is 2.00 bits per heavy atom. The molecule has 4 aromatic carbocycles. The Morgan fingerprint density at radius 2 is 1.29 bits per heavy atom. The van der Waals surface area contributed by atoms with Crippen LogP contribution in [0.25, 0.3) is 32.3 Å². The fourth-order valence-electron chi connectivity index (χ4n) is 2.91. The van der Waals surface area contributed by atoms with E-state index in [0.29, 0.717) is 5.75 Å². The first-order valence-corrected chi connectivity index (χ1v) is 6.83. The SMILES string of the molecule is O[B]Oc1cc2ccccc2c2cc3ccccc3cc12. The van der Waals surface area contributed by atoms with Crippen LogP contribution in [0.4, 0.5) is 0 Å². The molecule has 0 spiro atoms. The predicted molar refractivity (Wildman–Crippen MR) is 87.6 cm³/mol. The van der Waals surface area contributed by atoms with Gasteiger partial charge in [0.05, 0.1) is 0 Å². The molecule has 0 bridgehead atoms. The minimum absolute atomic E-state index is 0.664. The van der Waals surface area contributed by atoms with Gasteiger partial charge in [0.25, 0.3) is 0 Å². The lowest BCUT2D eigenvalue weighted by Crippen LogP contribution is -2.00. The van der Waals surface area contributed by atoms with Gasteiger partial charge in [0.1, 0.15) is 5.75 Å². The molecule has 1 radical (unpaired) electrons. The van der Waals surface area contributed by atoms with Gasteiger partial charge >= 0.3 is 7.69 Å². The van der Waals surface area contributed by atoms with Crippen molar-refractivity contribution in [1.29, 1.82) is 0 Å². The first-order chi connectivity index (χ1) is 10.4. The highest BCUT2D eigenvalue weighted by atomic mass is 16.5. The molecule has 2 nitrogen and oxygen atoms in total. The second kappa shape index (κ2) is 4.79. The van der Waals surface area contributed by atoms with E-state index in [2.05, 4.69) is 30.3 Å². The topological polar surface area (TPSA) is 29.5 Å². The van der Waals surface area contributed by atoms with Gasteiger partial charge < -0.3 is 9.68 Å². The average Bonchev–Trinajstić information content (AvgIpc) is 2.54. The molecule has 0 amide bonds. The molecule has 0 atom stereocenters. The van der Waals surface area contributed by atoms with Gasteiger partial charge in [-0.15, -0.1) is 0 Å². The quantitative estimate of drug-likeness (QED) is 0.338. The van der Waals surface area contributed by atoms with E-state index in [1.807, 2.05) is 36.4 Å². The Bertz CT molecular complexity index is 963. The van der Waals surface area contributed by atoms with Gasteiger partial charge in [0, 0.05) is 5.39 Å². The third-order valence-electron chi connectivity index (χ3n) is 3.87. The number of hydrogen-bond donors (Lipinski definition) is 1. The Balaban J connectivity index is 2.21. The lowest BCUT2D eigenvalue weighted by molar-refractivity contribution is 0.457. The van der Waals surface area contributed by atoms with Gasteiger partial charge in [-0.25, -0.2) is 0 Å². The molecule has 21 heavy (non-hydrogen) atoms. The number of benzene rings is 4. The molecule has 99 valence electrons. The highest BCUT2D eigenvalue weighted by molar-refractivity contribution is 6.20. The van der Waals surface area contributed by atoms with Crippen LogP contribution in [0.3, 0.4) is 0 Å². The van der Waals surface area contributed by atoms with Crippen molar-refractivity contribution in [3.05, 3.63) is 66.7 Å². The van der Waals surface area contributed by atoms with Crippen LogP contribution in [-0.4, -0.2) is 12.7 Å². The van der Waals surface area contributed by atoms with Crippen molar-refractivity contribution in [2.45, 2.75) is 0 Å². The third-order valence-corrected chi connectivity index (χ3v) is 3.87. The molecule has 3 heteroatoms. The molecule has 0 saturated carbocycles. The molecule has 0 fully saturated rings. The van der Waals surface area contributed by atoms with E-state index in [4.69, 9.17) is 9.68 Å². The highest BCUT2D eigenvalue weighted by Gasteiger charge is 2.09. The molecule has 0 aromatic heterocycles. The molecule has 0 aliphatic rings. The van der Waals surface area contributed by atoms with E-state index in [1.165, 1.54) is 10.8 Å². The summed E-state index contributed by atoms with van der Waals surface area (Å²) < 4.78 is 5.31. The third kappa shape index (κ3) is 1.94. The summed E-state index contributed by atoms with van der Waals surface area (Å²) in [4.78, 5) is 0. The van der Waals surface area contributed by atoms with E-state index in [9.17, 15) is 0 Å². The van der Waals surface area contributed by atoms with Crippen molar-refractivity contribution >= 4 is 40.0 Å². The maximum Gasteiger partial charge on any atom is 0.569 e. The second-order valence-electron chi connectivity index (χ2n) is 5.06. The van der Waals surface area contributed by atoms with Gasteiger partial charge in [-0.05, 0) is 45.1 Å². The van der Waals surface area contributed by atoms with Gasteiger partial charge in [0.15, 0.2) is 0 Å². The van der Waals surface area contributed by atoms with Crippen LogP contribution in [0.15, 0.2) is 66.7 Å². The van der Waals surface area contributed by atoms with E-state index in [0.717, 1.165) is 29.2 Å². The van der Waals surface area contributed by atoms with E-state index in [-0.39, 0.29) is 0 Å². The van der Waals surface area contributed by atoms with Crippen LogP contribution in [0, 0.1) is 0 Å². The molecule has 4 rings (SSSR count). The number of rotatable bonds is 2. The van der Waals surface area contributed by atoms with Gasteiger partial charge in [-0.2, -0.15) is 0 Å². The zero-order valence-corrected chi connectivity index (χ0v) is 11.3. The Morgan fingerprint density at radius 1 is 0.667 bits per heavy atom. The zero-order chi connectivity index (χ0) is 14.2. The maximum atomic E-state index is 9.02. The molecule has 0 unspecified atom stereocenters. The van der Waals surface area contributed by atoms with Crippen LogP contribution < -0.4 is 4.65 Å². The minimum atomic E-state index is 0.664. The molecule has 0 aliphatic carbocycles. The smallest absolute Gasteiger partial charge is 0.537 e. The number of hydrogen-bond acceptors (Lipinski definition) is 2. The Kier molecular flexibility index (Phi) is 2.79. The van der Waals surface area contributed by atoms with Crippen molar-refractivity contribution in [1.82, 2.24) is 0 Å². The van der Waals surface area contributed by atoms with Crippen LogP contribution in [0.2, 0.25) is 0 Å². The molecular weight excluding hydrogens is 259 g/mol. The summed E-state index contributed by atoms with van der Waals surface area (Å²) in [6, 6.07) is 22.7. The zero-order valence-electron chi connectivity index (χ0n) is 11.3. The van der Waals surface area contributed by atoms with Crippen LogP contribution in [0.5, 0.6) is 5.75 Å². The molecule has 0 aliphatic heterocycles. The average molecular weight is 271 g/mol. The molecule has 1 N–H and O–H groups in total. The summed E-state index contributed by atoms with van der Waals surface area (Å²) >= 11 is 0. The summed E-state index contributed by atoms with van der Waals surface area (Å²) in [7, 11) is 0.735. The first kappa shape index (κ1) is 12.2. The lowest BCUT2D eigenvalue weighted by Gasteiger charge is -2.12. The second-order valence-corrected chi connectivity index (χ2v) is 5.06. The largest absolute Gasteiger partial charge is 0.569 e. The monoisotopic (exact) mass is 271 g/mol. The summed E-state index contributed by atoms with van der Waals surface area (Å²) in [5, 5.41) is 15.8. The van der Waals surface area contributed by atoms with Gasteiger partial charge in [-0.1, -0.05) is 48.5 Å². The van der Waals surface area contributed by atoms with Crippen molar-refractivity contribution < 1.29 is 9.68 Å². The molecule has 4 aromatic rings. The van der Waals surface area contributed by atoms with Gasteiger partial charge in [-0.3, -0.25) is 0 Å². The van der Waals surface area contributed by atoms with Crippen molar-refractivity contribution in [2.75, 3.05) is 0 Å². The summed E-state index contributed by atoms with van der Waals surface area (Å²) in [6.45, 7) is 0. The number of fused-ring (bicyclic) bond motifs is 4. The predicted octanol–water partition coefficient (Wildman–Crippen LogP) is 4.05. The Hall–Kier alpha value is -2.52. The van der Waals surface area contributed by atoms with Crippen molar-refractivity contribution in [2.24, 2.45) is 0 Å². The van der Waals surface area contributed by atoms with Crippen LogP contribution >= 0.6 is 0 Å². The van der Waals surface area contributed by atoms with E-state index in [1.54, 1.807) is 0 Å². The molecule has 0 heterocycles. The summed E-state index contributed by atoms with van der Waals surface area (Å²) in [5.74, 6) is 0.664. The fourth-order valence-corrected chi connectivity index (χ4v) is 2.91. The standard InChI is InChI=1S/C18H12BO2/c20-19-21-18-11-14-7-3-4-8-15(14)16-9-12-5-1-2-6-13(12)10-17(16)18/h1-11,20H. The Labute approximate surface area is 122 Å². The van der Waals surface area contributed by atoms with Gasteiger partial charge in [0.2, 0.25) is 0 Å². The normalized spacial score (nSPS) is 11.1. The molecule has 0 saturated heterocycles. The van der Waals surface area contributed by atoms with Crippen LogP contribution in [-0.2, 0) is 0 Å². The maximum absolute atomic E-state index is 9.02. The first-order valence-electron chi connectivity index (χ1n) is 6.83. The summed E-state index contributed by atoms with van der Waals surface area (Å²) in [6.07, 6.45) is 0. The molecular formula is C18H12BO2. The van der Waals surface area contributed by atoms with E-state index >= 15 is 0 Å². The lowest BCUT2D eigenvalue weighted by atomic mass is 9.97. The summed E-state index contributed by atoms with van der Waals surface area (Å²) in [5.41, 5.74) is 0. The fraction of sp³-hybridized carbons (Fsp3) is 0. The minimum Gasteiger partial charge on any atom is -0.537 e. The highest BCUT2D eigenvalue weighted by Crippen LogP contribution is 2.36. The van der Waals surface area contributed by atoms with E-state index < -0.39 is 0 Å². The van der Waals surface area contributed by atoms with Crippen molar-refractivity contribution in [3.63, 3.8) is 0 Å². The van der Waals surface area contributed by atoms with Crippen molar-refractivity contribution in [3.8, 4) is 5.75 Å².